The van der Waals surface area contributed by atoms with Gasteiger partial charge in [-0.2, -0.15) is 0 Å². The second kappa shape index (κ2) is 11.2. The molecule has 1 aromatic carbocycles. The zero-order chi connectivity index (χ0) is 24.8. The molecule has 4 rings (SSSR count). The van der Waals surface area contributed by atoms with Gasteiger partial charge in [0.25, 0.3) is 0 Å². The Bertz CT molecular complexity index is 1100. The number of ether oxygens (including phenoxy) is 3. The van der Waals surface area contributed by atoms with Crippen molar-refractivity contribution in [2.45, 2.75) is 13.2 Å². The number of hydrogen-bond acceptors (Lipinski definition) is 9. The number of methoxy groups -OCH3 is 2. The molecule has 0 saturated carbocycles. The number of aromatic nitrogens is 3. The van der Waals surface area contributed by atoms with E-state index in [9.17, 15) is 8.78 Å². The number of benzene rings is 1. The van der Waals surface area contributed by atoms with Crippen molar-refractivity contribution in [2.75, 3.05) is 52.8 Å². The molecule has 0 bridgehead atoms. The molecule has 1 aliphatic heterocycles. The first kappa shape index (κ1) is 24.6. The number of anilines is 2. The van der Waals surface area contributed by atoms with E-state index in [4.69, 9.17) is 14.2 Å². The van der Waals surface area contributed by atoms with Crippen LogP contribution < -0.4 is 19.5 Å². The van der Waals surface area contributed by atoms with Crippen LogP contribution in [-0.2, 0) is 13.2 Å². The monoisotopic (exact) mass is 486 g/mol. The highest BCUT2D eigenvalue weighted by Gasteiger charge is 2.20. The Balaban J connectivity index is 1.33. The second-order valence-corrected chi connectivity index (χ2v) is 8.17. The van der Waals surface area contributed by atoms with Gasteiger partial charge < -0.3 is 24.4 Å². The average Bonchev–Trinajstić information content (AvgIpc) is 2.88. The third kappa shape index (κ3) is 6.11. The van der Waals surface area contributed by atoms with Crippen LogP contribution in [0.3, 0.4) is 0 Å². The SMILES string of the molecule is COc1cc(OC)c(F)c(COc2cnc(Nc3ccc(CN4CCN(C)CC4)cn3)nc2)c1F. The van der Waals surface area contributed by atoms with Crippen LogP contribution in [0.15, 0.2) is 36.8 Å². The minimum Gasteiger partial charge on any atom is -0.494 e. The van der Waals surface area contributed by atoms with E-state index in [2.05, 4.69) is 37.1 Å². The first-order valence-electron chi connectivity index (χ1n) is 11.1. The fourth-order valence-electron chi connectivity index (χ4n) is 3.64. The van der Waals surface area contributed by atoms with Gasteiger partial charge in [-0.3, -0.25) is 4.90 Å². The minimum atomic E-state index is -0.854. The summed E-state index contributed by atoms with van der Waals surface area (Å²) < 4.78 is 44.3. The number of rotatable bonds is 9. The Kier molecular flexibility index (Phi) is 7.88. The van der Waals surface area contributed by atoms with Crippen molar-refractivity contribution >= 4 is 11.8 Å². The molecule has 0 amide bonds. The van der Waals surface area contributed by atoms with E-state index < -0.39 is 18.2 Å². The summed E-state index contributed by atoms with van der Waals surface area (Å²) in [7, 11) is 4.71. The van der Waals surface area contributed by atoms with E-state index in [0.717, 1.165) is 44.4 Å². The summed E-state index contributed by atoms with van der Waals surface area (Å²) in [5.41, 5.74) is 0.822. The highest BCUT2D eigenvalue weighted by atomic mass is 19.1. The number of hydrogen-bond donors (Lipinski definition) is 1. The predicted octanol–water partition coefficient (Wildman–Crippen LogP) is 3.24. The summed E-state index contributed by atoms with van der Waals surface area (Å²) in [6.45, 7) is 4.71. The fourth-order valence-corrected chi connectivity index (χ4v) is 3.64. The van der Waals surface area contributed by atoms with Crippen molar-refractivity contribution in [1.29, 1.82) is 0 Å². The molecule has 3 heterocycles. The van der Waals surface area contributed by atoms with E-state index in [1.807, 2.05) is 18.3 Å². The van der Waals surface area contributed by atoms with Crippen LogP contribution in [0.4, 0.5) is 20.5 Å². The lowest BCUT2D eigenvalue weighted by molar-refractivity contribution is 0.148. The maximum absolute atomic E-state index is 14.5. The fraction of sp³-hybridized carbons (Fsp3) is 0.375. The zero-order valence-electron chi connectivity index (χ0n) is 19.9. The maximum Gasteiger partial charge on any atom is 0.228 e. The molecule has 0 unspecified atom stereocenters. The van der Waals surface area contributed by atoms with Crippen LogP contribution in [-0.4, -0.2) is 72.2 Å². The van der Waals surface area contributed by atoms with Gasteiger partial charge >= 0.3 is 0 Å². The normalized spacial score (nSPS) is 14.5. The predicted molar refractivity (Wildman–Crippen MR) is 126 cm³/mol. The Hall–Kier alpha value is -3.57. The molecule has 1 saturated heterocycles. The standard InChI is InChI=1S/C24H28F2N6O3/c1-31-6-8-32(9-7-31)14-16-4-5-21(27-11-16)30-24-28-12-17(13-29-24)35-15-18-22(25)19(33-2)10-20(34-3)23(18)26/h4-5,10-13H,6-9,14-15H2,1-3H3,(H,27,28,29,30). The number of halogens is 2. The first-order chi connectivity index (χ1) is 17.0. The van der Waals surface area contributed by atoms with E-state index in [1.165, 1.54) is 26.6 Å². The zero-order valence-corrected chi connectivity index (χ0v) is 19.9. The largest absolute Gasteiger partial charge is 0.494 e. The number of nitrogens with zero attached hydrogens (tertiary/aromatic N) is 5. The first-order valence-corrected chi connectivity index (χ1v) is 11.1. The van der Waals surface area contributed by atoms with Gasteiger partial charge in [-0.15, -0.1) is 0 Å². The van der Waals surface area contributed by atoms with Gasteiger partial charge in [0.15, 0.2) is 28.9 Å². The van der Waals surface area contributed by atoms with E-state index in [-0.39, 0.29) is 22.8 Å². The molecular weight excluding hydrogens is 458 g/mol. The average molecular weight is 487 g/mol. The van der Waals surface area contributed by atoms with Crippen molar-refractivity contribution in [3.05, 3.63) is 59.6 Å². The Morgan fingerprint density at radius 3 is 2.14 bits per heavy atom. The van der Waals surface area contributed by atoms with Crippen LogP contribution in [0, 0.1) is 11.6 Å². The third-order valence-electron chi connectivity index (χ3n) is 5.74. The number of nitrogens with one attached hydrogen (secondary N) is 1. The van der Waals surface area contributed by atoms with E-state index in [0.29, 0.717) is 11.8 Å². The van der Waals surface area contributed by atoms with Crippen LogP contribution in [0.25, 0.3) is 0 Å². The van der Waals surface area contributed by atoms with Crippen LogP contribution in [0.2, 0.25) is 0 Å². The highest BCUT2D eigenvalue weighted by molar-refractivity contribution is 5.48. The molecule has 35 heavy (non-hydrogen) atoms. The lowest BCUT2D eigenvalue weighted by atomic mass is 10.1. The molecule has 0 atom stereocenters. The number of likely N-dealkylation sites (N-methyl/N-ethyl adjacent to an activating group) is 1. The summed E-state index contributed by atoms with van der Waals surface area (Å²) in [5.74, 6) is -0.823. The van der Waals surface area contributed by atoms with E-state index in [1.54, 1.807) is 0 Å². The molecule has 0 spiro atoms. The van der Waals surface area contributed by atoms with Crippen molar-refractivity contribution in [2.24, 2.45) is 0 Å². The van der Waals surface area contributed by atoms with E-state index >= 15 is 0 Å². The van der Waals surface area contributed by atoms with Gasteiger partial charge in [0.05, 0.1) is 32.2 Å². The van der Waals surface area contributed by atoms with Gasteiger partial charge in [0.1, 0.15) is 12.4 Å². The molecule has 2 aromatic heterocycles. The van der Waals surface area contributed by atoms with Crippen LogP contribution in [0.1, 0.15) is 11.1 Å². The van der Waals surface area contributed by atoms with Crippen LogP contribution in [0.5, 0.6) is 17.2 Å². The molecule has 1 fully saturated rings. The van der Waals surface area contributed by atoms with Gasteiger partial charge in [-0.1, -0.05) is 6.07 Å². The summed E-state index contributed by atoms with van der Waals surface area (Å²) in [6, 6.07) is 5.04. The summed E-state index contributed by atoms with van der Waals surface area (Å²) in [6.07, 6.45) is 4.65. The summed E-state index contributed by atoms with van der Waals surface area (Å²) >= 11 is 0. The van der Waals surface area contributed by atoms with Crippen molar-refractivity contribution in [3.63, 3.8) is 0 Å². The van der Waals surface area contributed by atoms with Gasteiger partial charge in [-0.05, 0) is 18.7 Å². The Morgan fingerprint density at radius 2 is 1.57 bits per heavy atom. The smallest absolute Gasteiger partial charge is 0.228 e. The lowest BCUT2D eigenvalue weighted by Crippen LogP contribution is -2.43. The van der Waals surface area contributed by atoms with Crippen LogP contribution >= 0.6 is 0 Å². The molecule has 3 aromatic rings. The lowest BCUT2D eigenvalue weighted by Gasteiger charge is -2.32. The third-order valence-corrected chi connectivity index (χ3v) is 5.74. The molecule has 11 heteroatoms. The molecule has 186 valence electrons. The van der Waals surface area contributed by atoms with Gasteiger partial charge in [0, 0.05) is 45.0 Å². The molecule has 0 aliphatic carbocycles. The Morgan fingerprint density at radius 1 is 0.914 bits per heavy atom. The molecule has 9 nitrogen and oxygen atoms in total. The molecule has 1 N–H and O–H groups in total. The van der Waals surface area contributed by atoms with Gasteiger partial charge in [0.2, 0.25) is 5.95 Å². The Labute approximate surface area is 202 Å². The van der Waals surface area contributed by atoms with Gasteiger partial charge in [-0.25, -0.2) is 23.7 Å². The molecule has 1 aliphatic rings. The highest BCUT2D eigenvalue weighted by Crippen LogP contribution is 2.32. The van der Waals surface area contributed by atoms with Crippen molar-refractivity contribution in [3.8, 4) is 17.2 Å². The second-order valence-electron chi connectivity index (χ2n) is 8.17. The topological polar surface area (TPSA) is 84.9 Å². The van der Waals surface area contributed by atoms with Crippen molar-refractivity contribution in [1.82, 2.24) is 24.8 Å². The molecule has 0 radical (unpaired) electrons. The maximum atomic E-state index is 14.5. The van der Waals surface area contributed by atoms with Crippen molar-refractivity contribution < 1.29 is 23.0 Å². The summed E-state index contributed by atoms with van der Waals surface area (Å²) in [5, 5.41) is 3.03. The number of pyridine rings is 1. The number of piperazine rings is 1. The molecular formula is C24H28F2N6O3. The minimum absolute atomic E-state index is 0.139. The quantitative estimate of drug-likeness (QED) is 0.490. The summed E-state index contributed by atoms with van der Waals surface area (Å²) in [4.78, 5) is 17.5.